The second-order valence-electron chi connectivity index (χ2n) is 6.35. The predicted molar refractivity (Wildman–Crippen MR) is 95.0 cm³/mol. The SMILES string of the molecule is CC(=O)c1ccc(N2CCN(C(C)c3ccc(F)cc3)CC2)cc1. The zero-order valence-corrected chi connectivity index (χ0v) is 14.2. The summed E-state index contributed by atoms with van der Waals surface area (Å²) in [5.41, 5.74) is 3.06. The van der Waals surface area contributed by atoms with Crippen molar-refractivity contribution in [2.24, 2.45) is 0 Å². The highest BCUT2D eigenvalue weighted by Gasteiger charge is 2.22. The van der Waals surface area contributed by atoms with Crippen LogP contribution in [0.4, 0.5) is 10.1 Å². The van der Waals surface area contributed by atoms with Crippen LogP contribution in [0.3, 0.4) is 0 Å². The maximum absolute atomic E-state index is 13.1. The normalized spacial score (nSPS) is 16.9. The van der Waals surface area contributed by atoms with Crippen molar-refractivity contribution in [2.75, 3.05) is 31.1 Å². The van der Waals surface area contributed by atoms with Gasteiger partial charge in [0.2, 0.25) is 0 Å². The van der Waals surface area contributed by atoms with Crippen LogP contribution in [0.2, 0.25) is 0 Å². The van der Waals surface area contributed by atoms with Crippen molar-refractivity contribution in [3.05, 3.63) is 65.5 Å². The van der Waals surface area contributed by atoms with E-state index < -0.39 is 0 Å². The maximum Gasteiger partial charge on any atom is 0.159 e. The molecule has 1 unspecified atom stereocenters. The molecule has 2 aromatic carbocycles. The number of benzene rings is 2. The highest BCUT2D eigenvalue weighted by molar-refractivity contribution is 5.94. The van der Waals surface area contributed by atoms with Crippen LogP contribution < -0.4 is 4.90 Å². The molecule has 0 N–H and O–H groups in total. The summed E-state index contributed by atoms with van der Waals surface area (Å²) in [6.45, 7) is 7.59. The van der Waals surface area contributed by atoms with Crippen LogP contribution >= 0.6 is 0 Å². The molecular formula is C20H23FN2O. The van der Waals surface area contributed by atoms with Crippen LogP contribution in [0, 0.1) is 5.82 Å². The van der Waals surface area contributed by atoms with E-state index in [0.717, 1.165) is 43.0 Å². The lowest BCUT2D eigenvalue weighted by molar-refractivity contribution is 0.101. The van der Waals surface area contributed by atoms with Crippen LogP contribution in [0.1, 0.15) is 35.8 Å². The molecule has 1 fully saturated rings. The Labute approximate surface area is 142 Å². The average molecular weight is 326 g/mol. The molecule has 0 aromatic heterocycles. The van der Waals surface area contributed by atoms with Gasteiger partial charge in [-0.2, -0.15) is 0 Å². The predicted octanol–water partition coefficient (Wildman–Crippen LogP) is 3.91. The Morgan fingerprint density at radius 3 is 2.08 bits per heavy atom. The largest absolute Gasteiger partial charge is 0.369 e. The van der Waals surface area contributed by atoms with Crippen LogP contribution in [0.5, 0.6) is 0 Å². The van der Waals surface area contributed by atoms with E-state index in [1.807, 2.05) is 36.4 Å². The zero-order valence-electron chi connectivity index (χ0n) is 14.2. The first-order chi connectivity index (χ1) is 11.5. The Balaban J connectivity index is 1.60. The fourth-order valence-electron chi connectivity index (χ4n) is 3.23. The molecule has 24 heavy (non-hydrogen) atoms. The first-order valence-corrected chi connectivity index (χ1v) is 8.40. The van der Waals surface area contributed by atoms with Gasteiger partial charge in [-0.05, 0) is 55.8 Å². The van der Waals surface area contributed by atoms with Gasteiger partial charge in [0.05, 0.1) is 0 Å². The van der Waals surface area contributed by atoms with Crippen molar-refractivity contribution in [3.63, 3.8) is 0 Å². The Kier molecular flexibility index (Phi) is 4.95. The van der Waals surface area contributed by atoms with Gasteiger partial charge in [-0.15, -0.1) is 0 Å². The molecule has 1 aliphatic rings. The summed E-state index contributed by atoms with van der Waals surface area (Å²) >= 11 is 0. The van der Waals surface area contributed by atoms with E-state index in [-0.39, 0.29) is 17.6 Å². The molecule has 1 saturated heterocycles. The smallest absolute Gasteiger partial charge is 0.159 e. The molecule has 126 valence electrons. The third kappa shape index (κ3) is 3.65. The quantitative estimate of drug-likeness (QED) is 0.796. The molecular weight excluding hydrogens is 303 g/mol. The lowest BCUT2D eigenvalue weighted by Crippen LogP contribution is -2.47. The molecule has 0 saturated carbocycles. The Bertz CT molecular complexity index is 689. The summed E-state index contributed by atoms with van der Waals surface area (Å²) in [5.74, 6) is -0.0933. The average Bonchev–Trinajstić information content (AvgIpc) is 2.62. The van der Waals surface area contributed by atoms with Crippen molar-refractivity contribution in [2.45, 2.75) is 19.9 Å². The van der Waals surface area contributed by atoms with Gasteiger partial charge in [0, 0.05) is 43.5 Å². The number of carbonyl (C=O) groups is 1. The molecule has 3 rings (SSSR count). The van der Waals surface area contributed by atoms with E-state index in [1.54, 1.807) is 6.92 Å². The minimum atomic E-state index is -0.190. The van der Waals surface area contributed by atoms with Crippen molar-refractivity contribution >= 4 is 11.5 Å². The molecule has 0 bridgehead atoms. The van der Waals surface area contributed by atoms with Crippen LogP contribution in [0.25, 0.3) is 0 Å². The maximum atomic E-state index is 13.1. The second-order valence-corrected chi connectivity index (χ2v) is 6.35. The number of piperazine rings is 1. The number of hydrogen-bond donors (Lipinski definition) is 0. The number of ketones is 1. The molecule has 0 radical (unpaired) electrons. The Morgan fingerprint density at radius 1 is 0.958 bits per heavy atom. The number of nitrogens with zero attached hydrogens (tertiary/aromatic N) is 2. The summed E-state index contributed by atoms with van der Waals surface area (Å²) in [7, 11) is 0. The van der Waals surface area contributed by atoms with Gasteiger partial charge in [0.25, 0.3) is 0 Å². The minimum absolute atomic E-state index is 0.0968. The lowest BCUT2D eigenvalue weighted by Gasteiger charge is -2.39. The molecule has 0 aliphatic carbocycles. The standard InChI is InChI=1S/C20H23FN2O/c1-15(17-3-7-19(21)8-4-17)22-11-13-23(14-12-22)20-9-5-18(6-10-20)16(2)24/h3-10,15H,11-14H2,1-2H3. The number of carbonyl (C=O) groups excluding carboxylic acids is 1. The third-order valence-corrected chi connectivity index (χ3v) is 4.85. The van der Waals surface area contributed by atoms with Gasteiger partial charge >= 0.3 is 0 Å². The fraction of sp³-hybridized carbons (Fsp3) is 0.350. The van der Waals surface area contributed by atoms with E-state index in [2.05, 4.69) is 16.7 Å². The number of rotatable bonds is 4. The van der Waals surface area contributed by atoms with Crippen molar-refractivity contribution < 1.29 is 9.18 Å². The molecule has 0 amide bonds. The van der Waals surface area contributed by atoms with Gasteiger partial charge in [-0.25, -0.2) is 4.39 Å². The number of halogens is 1. The van der Waals surface area contributed by atoms with E-state index in [0.29, 0.717) is 0 Å². The molecule has 1 heterocycles. The minimum Gasteiger partial charge on any atom is -0.369 e. The van der Waals surface area contributed by atoms with Crippen molar-refractivity contribution in [3.8, 4) is 0 Å². The van der Waals surface area contributed by atoms with E-state index in [1.165, 1.54) is 12.1 Å². The molecule has 1 atom stereocenters. The highest BCUT2D eigenvalue weighted by atomic mass is 19.1. The van der Waals surface area contributed by atoms with Gasteiger partial charge in [-0.1, -0.05) is 12.1 Å². The molecule has 1 aliphatic heterocycles. The summed E-state index contributed by atoms with van der Waals surface area (Å²) < 4.78 is 13.1. The first-order valence-electron chi connectivity index (χ1n) is 8.40. The fourth-order valence-corrected chi connectivity index (χ4v) is 3.23. The Hall–Kier alpha value is -2.20. The molecule has 0 spiro atoms. The van der Waals surface area contributed by atoms with Gasteiger partial charge in [0.15, 0.2) is 5.78 Å². The summed E-state index contributed by atoms with van der Waals surface area (Å²) in [5, 5.41) is 0. The molecule has 2 aromatic rings. The zero-order chi connectivity index (χ0) is 17.1. The monoisotopic (exact) mass is 326 g/mol. The van der Waals surface area contributed by atoms with Crippen LogP contribution in [-0.2, 0) is 0 Å². The first kappa shape index (κ1) is 16.7. The number of hydrogen-bond acceptors (Lipinski definition) is 3. The van der Waals surface area contributed by atoms with E-state index >= 15 is 0 Å². The summed E-state index contributed by atoms with van der Waals surface area (Å²) in [6.07, 6.45) is 0. The van der Waals surface area contributed by atoms with Gasteiger partial charge in [0.1, 0.15) is 5.82 Å². The van der Waals surface area contributed by atoms with Crippen molar-refractivity contribution in [1.29, 1.82) is 0 Å². The Morgan fingerprint density at radius 2 is 1.54 bits per heavy atom. The summed E-state index contributed by atoms with van der Waals surface area (Å²) in [4.78, 5) is 16.1. The molecule has 4 heteroatoms. The highest BCUT2D eigenvalue weighted by Crippen LogP contribution is 2.24. The second kappa shape index (κ2) is 7.14. The summed E-state index contributed by atoms with van der Waals surface area (Å²) in [6, 6.07) is 14.9. The van der Waals surface area contributed by atoms with Gasteiger partial charge in [-0.3, -0.25) is 9.69 Å². The van der Waals surface area contributed by atoms with Gasteiger partial charge < -0.3 is 4.90 Å². The molecule has 3 nitrogen and oxygen atoms in total. The number of Topliss-reactive ketones (excluding diaryl/α,β-unsaturated/α-hetero) is 1. The van der Waals surface area contributed by atoms with E-state index in [9.17, 15) is 9.18 Å². The van der Waals surface area contributed by atoms with Crippen LogP contribution in [-0.4, -0.2) is 36.9 Å². The van der Waals surface area contributed by atoms with Crippen molar-refractivity contribution in [1.82, 2.24) is 4.90 Å². The van der Waals surface area contributed by atoms with Crippen LogP contribution in [0.15, 0.2) is 48.5 Å². The lowest BCUT2D eigenvalue weighted by atomic mass is 10.1. The number of anilines is 1. The third-order valence-electron chi connectivity index (χ3n) is 4.85. The topological polar surface area (TPSA) is 23.6 Å². The van der Waals surface area contributed by atoms with E-state index in [4.69, 9.17) is 0 Å².